The highest BCUT2D eigenvalue weighted by Crippen LogP contribution is 2.32. The van der Waals surface area contributed by atoms with Gasteiger partial charge in [0.15, 0.2) is 5.82 Å². The Bertz CT molecular complexity index is 842. The standard InChI is InChI=1S/C18H22N4O/c1-3-23-13-6-7-15-14(9-13)16-17(21-15)18(20-11-19-16)22-8-4-5-12(2)10-22/h6-7,9,11-12,21H,3-5,8,10H2,1-2H3/t12-/m1/s1. The highest BCUT2D eigenvalue weighted by atomic mass is 16.5. The Kier molecular flexibility index (Phi) is 3.56. The maximum absolute atomic E-state index is 5.63. The van der Waals surface area contributed by atoms with Crippen molar-refractivity contribution in [3.05, 3.63) is 24.5 Å². The first-order chi connectivity index (χ1) is 11.3. The fourth-order valence-electron chi connectivity index (χ4n) is 3.54. The molecule has 1 aromatic carbocycles. The molecule has 0 unspecified atom stereocenters. The molecule has 0 radical (unpaired) electrons. The molecule has 1 N–H and O–H groups in total. The van der Waals surface area contributed by atoms with Crippen LogP contribution in [0.1, 0.15) is 26.7 Å². The highest BCUT2D eigenvalue weighted by Gasteiger charge is 2.21. The number of ether oxygens (including phenoxy) is 1. The molecule has 1 fully saturated rings. The van der Waals surface area contributed by atoms with Crippen LogP contribution in [-0.4, -0.2) is 34.6 Å². The van der Waals surface area contributed by atoms with Crippen LogP contribution in [0.4, 0.5) is 5.82 Å². The van der Waals surface area contributed by atoms with Crippen molar-refractivity contribution in [3.63, 3.8) is 0 Å². The van der Waals surface area contributed by atoms with Gasteiger partial charge in [0.1, 0.15) is 23.1 Å². The summed E-state index contributed by atoms with van der Waals surface area (Å²) in [7, 11) is 0. The topological polar surface area (TPSA) is 54.0 Å². The molecule has 1 atom stereocenters. The lowest BCUT2D eigenvalue weighted by Gasteiger charge is -2.31. The normalized spacial score (nSPS) is 18.7. The summed E-state index contributed by atoms with van der Waals surface area (Å²) in [4.78, 5) is 15.0. The fraction of sp³-hybridized carbons (Fsp3) is 0.444. The van der Waals surface area contributed by atoms with Crippen molar-refractivity contribution in [3.8, 4) is 5.75 Å². The molecule has 0 spiro atoms. The first-order valence-electron chi connectivity index (χ1n) is 8.40. The molecule has 1 aliphatic rings. The largest absolute Gasteiger partial charge is 0.494 e. The zero-order valence-corrected chi connectivity index (χ0v) is 13.7. The van der Waals surface area contributed by atoms with E-state index in [1.165, 1.54) is 12.8 Å². The summed E-state index contributed by atoms with van der Waals surface area (Å²) in [5.74, 6) is 2.62. The van der Waals surface area contributed by atoms with Crippen LogP contribution in [-0.2, 0) is 0 Å². The van der Waals surface area contributed by atoms with Gasteiger partial charge in [0.2, 0.25) is 0 Å². The van der Waals surface area contributed by atoms with Crippen molar-refractivity contribution in [2.24, 2.45) is 5.92 Å². The van der Waals surface area contributed by atoms with Crippen LogP contribution in [0.5, 0.6) is 5.75 Å². The van der Waals surface area contributed by atoms with Crippen molar-refractivity contribution < 1.29 is 4.74 Å². The Morgan fingerprint density at radius 2 is 2.26 bits per heavy atom. The van der Waals surface area contributed by atoms with Gasteiger partial charge >= 0.3 is 0 Å². The lowest BCUT2D eigenvalue weighted by atomic mass is 10.0. The second-order valence-electron chi connectivity index (χ2n) is 6.38. The number of benzene rings is 1. The minimum atomic E-state index is 0.666. The third kappa shape index (κ3) is 2.50. The predicted octanol–water partition coefficient (Wildman–Crippen LogP) is 3.75. The molecule has 3 aromatic rings. The number of hydrogen-bond acceptors (Lipinski definition) is 4. The number of rotatable bonds is 3. The van der Waals surface area contributed by atoms with Gasteiger partial charge < -0.3 is 14.6 Å². The van der Waals surface area contributed by atoms with Gasteiger partial charge in [-0.1, -0.05) is 6.92 Å². The summed E-state index contributed by atoms with van der Waals surface area (Å²) in [5, 5.41) is 1.10. The summed E-state index contributed by atoms with van der Waals surface area (Å²) < 4.78 is 5.63. The van der Waals surface area contributed by atoms with E-state index in [9.17, 15) is 0 Å². The smallest absolute Gasteiger partial charge is 0.156 e. The second-order valence-corrected chi connectivity index (χ2v) is 6.38. The van der Waals surface area contributed by atoms with Crippen LogP contribution in [0.25, 0.3) is 21.9 Å². The third-order valence-corrected chi connectivity index (χ3v) is 4.60. The molecular formula is C18H22N4O. The first kappa shape index (κ1) is 14.3. The molecule has 0 aliphatic carbocycles. The predicted molar refractivity (Wildman–Crippen MR) is 93.2 cm³/mol. The minimum absolute atomic E-state index is 0.666. The quantitative estimate of drug-likeness (QED) is 0.800. The molecule has 0 saturated carbocycles. The maximum atomic E-state index is 5.63. The molecule has 1 aliphatic heterocycles. The van der Waals surface area contributed by atoms with Crippen LogP contribution in [0.15, 0.2) is 24.5 Å². The average molecular weight is 310 g/mol. The Balaban J connectivity index is 1.85. The molecular weight excluding hydrogens is 288 g/mol. The van der Waals surface area contributed by atoms with Crippen molar-refractivity contribution in [1.82, 2.24) is 15.0 Å². The van der Waals surface area contributed by atoms with E-state index < -0.39 is 0 Å². The average Bonchev–Trinajstić information content (AvgIpc) is 2.93. The number of aromatic nitrogens is 3. The number of piperidine rings is 1. The number of anilines is 1. The number of nitrogens with zero attached hydrogens (tertiary/aromatic N) is 3. The number of aromatic amines is 1. The zero-order chi connectivity index (χ0) is 15.8. The van der Waals surface area contributed by atoms with Gasteiger partial charge in [-0.25, -0.2) is 9.97 Å². The van der Waals surface area contributed by atoms with E-state index in [1.807, 2.05) is 13.0 Å². The molecule has 1 saturated heterocycles. The summed E-state index contributed by atoms with van der Waals surface area (Å²) in [6.45, 7) is 7.10. The van der Waals surface area contributed by atoms with E-state index in [-0.39, 0.29) is 0 Å². The number of H-pyrrole nitrogens is 1. The summed E-state index contributed by atoms with van der Waals surface area (Å²) in [6.07, 6.45) is 4.20. The Hall–Kier alpha value is -2.30. The van der Waals surface area contributed by atoms with E-state index in [2.05, 4.69) is 38.9 Å². The lowest BCUT2D eigenvalue weighted by Crippen LogP contribution is -2.35. The maximum Gasteiger partial charge on any atom is 0.156 e. The molecule has 2 aromatic heterocycles. The molecule has 5 heteroatoms. The van der Waals surface area contributed by atoms with Gasteiger partial charge in [0, 0.05) is 24.0 Å². The summed E-state index contributed by atoms with van der Waals surface area (Å²) in [5.41, 5.74) is 3.09. The third-order valence-electron chi connectivity index (χ3n) is 4.60. The van der Waals surface area contributed by atoms with Crippen LogP contribution in [0.3, 0.4) is 0 Å². The van der Waals surface area contributed by atoms with E-state index in [0.717, 1.165) is 46.6 Å². The number of fused-ring (bicyclic) bond motifs is 3. The van der Waals surface area contributed by atoms with Crippen LogP contribution in [0, 0.1) is 5.92 Å². The highest BCUT2D eigenvalue weighted by molar-refractivity contribution is 6.08. The lowest BCUT2D eigenvalue weighted by molar-refractivity contribution is 0.341. The van der Waals surface area contributed by atoms with Crippen molar-refractivity contribution in [1.29, 1.82) is 0 Å². The molecule has 0 amide bonds. The van der Waals surface area contributed by atoms with Gasteiger partial charge in [-0.2, -0.15) is 0 Å². The summed E-state index contributed by atoms with van der Waals surface area (Å²) >= 11 is 0. The molecule has 4 rings (SSSR count). The Morgan fingerprint density at radius 3 is 3.09 bits per heavy atom. The monoisotopic (exact) mass is 310 g/mol. The van der Waals surface area contributed by atoms with Gasteiger partial charge in [-0.05, 0) is 43.9 Å². The van der Waals surface area contributed by atoms with Crippen molar-refractivity contribution in [2.45, 2.75) is 26.7 Å². The Labute approximate surface area is 135 Å². The van der Waals surface area contributed by atoms with Gasteiger partial charge in [0.25, 0.3) is 0 Å². The SMILES string of the molecule is CCOc1ccc2[nH]c3c(N4CCC[C@@H](C)C4)ncnc3c2c1. The van der Waals surface area contributed by atoms with Crippen LogP contribution in [0.2, 0.25) is 0 Å². The van der Waals surface area contributed by atoms with Gasteiger partial charge in [-0.3, -0.25) is 0 Å². The molecule has 120 valence electrons. The van der Waals surface area contributed by atoms with E-state index in [4.69, 9.17) is 4.74 Å². The molecule has 23 heavy (non-hydrogen) atoms. The van der Waals surface area contributed by atoms with Gasteiger partial charge in [0.05, 0.1) is 6.61 Å². The Morgan fingerprint density at radius 1 is 1.35 bits per heavy atom. The van der Waals surface area contributed by atoms with Crippen molar-refractivity contribution >= 4 is 27.8 Å². The van der Waals surface area contributed by atoms with E-state index in [0.29, 0.717) is 12.5 Å². The van der Waals surface area contributed by atoms with Gasteiger partial charge in [-0.15, -0.1) is 0 Å². The van der Waals surface area contributed by atoms with Crippen LogP contribution >= 0.6 is 0 Å². The molecule has 0 bridgehead atoms. The minimum Gasteiger partial charge on any atom is -0.494 e. The van der Waals surface area contributed by atoms with E-state index in [1.54, 1.807) is 6.33 Å². The molecule has 5 nitrogen and oxygen atoms in total. The zero-order valence-electron chi connectivity index (χ0n) is 13.7. The number of hydrogen-bond donors (Lipinski definition) is 1. The van der Waals surface area contributed by atoms with Crippen LogP contribution < -0.4 is 9.64 Å². The summed E-state index contributed by atoms with van der Waals surface area (Å²) in [6, 6.07) is 6.12. The molecule has 3 heterocycles. The van der Waals surface area contributed by atoms with E-state index >= 15 is 0 Å². The fourth-order valence-corrected chi connectivity index (χ4v) is 3.54. The van der Waals surface area contributed by atoms with Crippen molar-refractivity contribution in [2.75, 3.05) is 24.6 Å². The first-order valence-corrected chi connectivity index (χ1v) is 8.40. The second kappa shape index (κ2) is 5.72. The number of nitrogens with one attached hydrogen (secondary N) is 1.